The van der Waals surface area contributed by atoms with Crippen molar-refractivity contribution in [1.82, 2.24) is 16.0 Å². The van der Waals surface area contributed by atoms with E-state index in [1.54, 1.807) is 7.05 Å². The molecular weight excluding hydrogens is 495 g/mol. The van der Waals surface area contributed by atoms with Gasteiger partial charge in [0, 0.05) is 44.6 Å². The highest BCUT2D eigenvalue weighted by molar-refractivity contribution is 14.0. The van der Waals surface area contributed by atoms with E-state index in [9.17, 15) is 4.79 Å². The molecule has 1 aromatic rings. The Morgan fingerprint density at radius 2 is 2.03 bits per heavy atom. The molecule has 2 aliphatic rings. The van der Waals surface area contributed by atoms with Crippen LogP contribution in [0, 0.1) is 6.92 Å². The molecule has 1 saturated heterocycles. The van der Waals surface area contributed by atoms with Gasteiger partial charge in [0.15, 0.2) is 5.96 Å². The van der Waals surface area contributed by atoms with E-state index in [1.165, 1.54) is 18.4 Å². The summed E-state index contributed by atoms with van der Waals surface area (Å²) in [5.41, 5.74) is 2.24. The van der Waals surface area contributed by atoms with E-state index in [-0.39, 0.29) is 36.0 Å². The molecule has 0 radical (unpaired) electrons. The Morgan fingerprint density at radius 1 is 1.23 bits per heavy atom. The van der Waals surface area contributed by atoms with Crippen molar-refractivity contribution in [2.24, 2.45) is 4.99 Å². The lowest BCUT2D eigenvalue weighted by Gasteiger charge is -2.18. The van der Waals surface area contributed by atoms with Crippen molar-refractivity contribution in [1.29, 1.82) is 0 Å². The number of carbonyl (C=O) groups excluding carboxylic acids is 1. The van der Waals surface area contributed by atoms with Gasteiger partial charge < -0.3 is 25.4 Å². The maximum Gasteiger partial charge on any atom is 0.221 e. The van der Waals surface area contributed by atoms with E-state index in [4.69, 9.17) is 9.47 Å². The number of nitrogens with zero attached hydrogens (tertiary/aromatic N) is 1. The second-order valence-electron chi connectivity index (χ2n) is 7.87. The Kier molecular flexibility index (Phi) is 10.7. The van der Waals surface area contributed by atoms with Crippen LogP contribution in [0.3, 0.4) is 0 Å². The summed E-state index contributed by atoms with van der Waals surface area (Å²) >= 11 is 0. The molecular formula is C22H35IN4O3. The van der Waals surface area contributed by atoms with Gasteiger partial charge in [0.25, 0.3) is 0 Å². The summed E-state index contributed by atoms with van der Waals surface area (Å²) in [6.45, 7) is 4.61. The van der Waals surface area contributed by atoms with Crippen LogP contribution in [-0.4, -0.2) is 50.8 Å². The topological polar surface area (TPSA) is 84.0 Å². The number of rotatable bonds is 8. The third kappa shape index (κ3) is 7.94. The van der Waals surface area contributed by atoms with Crippen LogP contribution in [0.1, 0.15) is 49.7 Å². The monoisotopic (exact) mass is 530 g/mol. The van der Waals surface area contributed by atoms with Crippen molar-refractivity contribution >= 4 is 35.8 Å². The summed E-state index contributed by atoms with van der Waals surface area (Å²) in [7, 11) is 1.73. The molecule has 1 aliphatic carbocycles. The number of carbonyl (C=O) groups is 1. The first kappa shape index (κ1) is 24.7. The lowest BCUT2D eigenvalue weighted by Crippen LogP contribution is -2.40. The molecule has 1 atom stereocenters. The molecule has 30 heavy (non-hydrogen) atoms. The van der Waals surface area contributed by atoms with Crippen LogP contribution in [0.25, 0.3) is 0 Å². The zero-order valence-electron chi connectivity index (χ0n) is 18.0. The third-order valence-corrected chi connectivity index (χ3v) is 5.44. The Morgan fingerprint density at radius 3 is 2.73 bits per heavy atom. The van der Waals surface area contributed by atoms with Crippen molar-refractivity contribution in [3.8, 4) is 5.75 Å². The van der Waals surface area contributed by atoms with Crippen LogP contribution < -0.4 is 20.7 Å². The molecule has 1 aliphatic heterocycles. The number of halogens is 1. The first-order chi connectivity index (χ1) is 14.1. The summed E-state index contributed by atoms with van der Waals surface area (Å²) in [5.74, 6) is 1.67. The van der Waals surface area contributed by atoms with Crippen molar-refractivity contribution in [2.45, 2.75) is 64.1 Å². The average molecular weight is 530 g/mol. The number of guanidine groups is 1. The number of benzene rings is 1. The standard InChI is InChI=1S/C22H34N4O3.HI/c1-16-7-8-17(20(13-16)29-19-10-12-28-15-19)14-25-22(23-2)24-11-9-21(27)26-18-5-3-4-6-18;/h7-8,13,18-19H,3-6,9-12,14-15H2,1-2H3,(H,26,27)(H2,23,24,25);1H. The summed E-state index contributed by atoms with van der Waals surface area (Å²) < 4.78 is 11.6. The highest BCUT2D eigenvalue weighted by atomic mass is 127. The van der Waals surface area contributed by atoms with Crippen LogP contribution in [0.15, 0.2) is 23.2 Å². The Balaban J connectivity index is 0.00000320. The van der Waals surface area contributed by atoms with Crippen LogP contribution >= 0.6 is 24.0 Å². The fraction of sp³-hybridized carbons (Fsp3) is 0.636. The molecule has 0 aromatic heterocycles. The van der Waals surface area contributed by atoms with Gasteiger partial charge in [-0.1, -0.05) is 25.0 Å². The molecule has 3 N–H and O–H groups in total. The molecule has 8 heteroatoms. The highest BCUT2D eigenvalue weighted by Gasteiger charge is 2.19. The van der Waals surface area contributed by atoms with Gasteiger partial charge in [-0.05, 0) is 31.4 Å². The molecule has 2 fully saturated rings. The van der Waals surface area contributed by atoms with Crippen LogP contribution in [0.2, 0.25) is 0 Å². The molecule has 0 spiro atoms. The van der Waals surface area contributed by atoms with E-state index in [0.717, 1.165) is 37.2 Å². The van der Waals surface area contributed by atoms with Crippen molar-refractivity contribution in [2.75, 3.05) is 26.8 Å². The number of aliphatic imine (C=N–C) groups is 1. The molecule has 7 nitrogen and oxygen atoms in total. The van der Waals surface area contributed by atoms with E-state index >= 15 is 0 Å². The normalized spacial score (nSPS) is 19.3. The van der Waals surface area contributed by atoms with Gasteiger partial charge in [-0.15, -0.1) is 24.0 Å². The van der Waals surface area contributed by atoms with E-state index in [2.05, 4.69) is 46.1 Å². The first-order valence-electron chi connectivity index (χ1n) is 10.7. The predicted octanol–water partition coefficient (Wildman–Crippen LogP) is 2.89. The Hall–Kier alpha value is -1.55. The lowest BCUT2D eigenvalue weighted by molar-refractivity contribution is -0.121. The van der Waals surface area contributed by atoms with E-state index in [0.29, 0.717) is 38.1 Å². The molecule has 1 amide bonds. The molecule has 1 aromatic carbocycles. The Labute approximate surface area is 196 Å². The molecule has 1 saturated carbocycles. The van der Waals surface area contributed by atoms with Gasteiger partial charge in [-0.2, -0.15) is 0 Å². The van der Waals surface area contributed by atoms with Crippen molar-refractivity contribution in [3.05, 3.63) is 29.3 Å². The molecule has 168 valence electrons. The fourth-order valence-corrected chi connectivity index (χ4v) is 3.77. The second kappa shape index (κ2) is 13.0. The van der Waals surface area contributed by atoms with Gasteiger partial charge in [-0.3, -0.25) is 9.79 Å². The zero-order valence-corrected chi connectivity index (χ0v) is 20.4. The minimum absolute atomic E-state index is 0. The zero-order chi connectivity index (χ0) is 20.5. The molecule has 1 heterocycles. The van der Waals surface area contributed by atoms with Crippen LogP contribution in [0.4, 0.5) is 0 Å². The minimum Gasteiger partial charge on any atom is -0.488 e. The van der Waals surface area contributed by atoms with E-state index in [1.807, 2.05) is 0 Å². The van der Waals surface area contributed by atoms with Gasteiger partial charge in [0.05, 0.1) is 13.2 Å². The first-order valence-corrected chi connectivity index (χ1v) is 10.7. The third-order valence-electron chi connectivity index (χ3n) is 5.44. The molecule has 1 unspecified atom stereocenters. The largest absolute Gasteiger partial charge is 0.488 e. The molecule has 0 bridgehead atoms. The minimum atomic E-state index is 0. The second-order valence-corrected chi connectivity index (χ2v) is 7.87. The quantitative estimate of drug-likeness (QED) is 0.274. The maximum atomic E-state index is 12.1. The van der Waals surface area contributed by atoms with Crippen molar-refractivity contribution < 1.29 is 14.3 Å². The summed E-state index contributed by atoms with van der Waals surface area (Å²) in [5, 5.41) is 9.64. The molecule has 3 rings (SSSR count). The average Bonchev–Trinajstić information content (AvgIpc) is 3.40. The summed E-state index contributed by atoms with van der Waals surface area (Å²) in [6.07, 6.45) is 6.14. The number of hydrogen-bond donors (Lipinski definition) is 3. The Bertz CT molecular complexity index is 702. The van der Waals surface area contributed by atoms with Gasteiger partial charge in [0.1, 0.15) is 11.9 Å². The fourth-order valence-electron chi connectivity index (χ4n) is 3.77. The summed E-state index contributed by atoms with van der Waals surface area (Å²) in [4.78, 5) is 16.3. The van der Waals surface area contributed by atoms with E-state index < -0.39 is 0 Å². The number of aryl methyl sites for hydroxylation is 1. The number of nitrogens with one attached hydrogen (secondary N) is 3. The summed E-state index contributed by atoms with van der Waals surface area (Å²) in [6, 6.07) is 6.60. The van der Waals surface area contributed by atoms with Gasteiger partial charge in [0.2, 0.25) is 5.91 Å². The van der Waals surface area contributed by atoms with Crippen molar-refractivity contribution in [3.63, 3.8) is 0 Å². The number of hydrogen-bond acceptors (Lipinski definition) is 4. The van der Waals surface area contributed by atoms with Crippen LogP contribution in [0.5, 0.6) is 5.75 Å². The SMILES string of the molecule is CN=C(NCCC(=O)NC1CCCC1)NCc1ccc(C)cc1OC1CCOC1.I. The number of ether oxygens (including phenoxy) is 2. The predicted molar refractivity (Wildman–Crippen MR) is 130 cm³/mol. The lowest BCUT2D eigenvalue weighted by atomic mass is 10.1. The smallest absolute Gasteiger partial charge is 0.221 e. The van der Waals surface area contributed by atoms with Gasteiger partial charge in [-0.25, -0.2) is 0 Å². The number of amides is 1. The van der Waals surface area contributed by atoms with Gasteiger partial charge >= 0.3 is 0 Å². The van der Waals surface area contributed by atoms with Crippen LogP contribution in [-0.2, 0) is 16.1 Å². The highest BCUT2D eigenvalue weighted by Crippen LogP contribution is 2.23. The maximum absolute atomic E-state index is 12.1.